The van der Waals surface area contributed by atoms with Crippen molar-refractivity contribution in [2.45, 2.75) is 32.0 Å². The highest BCUT2D eigenvalue weighted by Crippen LogP contribution is 2.32. The molecule has 168 valence electrons. The molecular weight excluding hydrogens is 408 g/mol. The van der Waals surface area contributed by atoms with Crippen LogP contribution in [-0.2, 0) is 22.7 Å². The van der Waals surface area contributed by atoms with Crippen molar-refractivity contribution in [3.63, 3.8) is 0 Å². The maximum Gasteiger partial charge on any atom is 0.328 e. The van der Waals surface area contributed by atoms with E-state index in [1.165, 1.54) is 4.90 Å². The first-order valence-corrected chi connectivity index (χ1v) is 10.5. The maximum absolute atomic E-state index is 13.4. The van der Waals surface area contributed by atoms with Crippen LogP contribution in [0.25, 0.3) is 0 Å². The standard InChI is InChI=1S/C24H28N4O4/c1-17(25)26-14-8-13-20-21(23(30)31)28(22(20)29)24(32)27(15-18-9-4-2-5-10-18)16-19-11-6-3-7-12-19/h2-7,9-12,20-21,26H,1,8,13-16,25H2,(H,30,31)/t20-,21?/m1/s1. The van der Waals surface area contributed by atoms with Gasteiger partial charge in [-0.25, -0.2) is 14.5 Å². The van der Waals surface area contributed by atoms with Crippen LogP contribution in [0.4, 0.5) is 4.79 Å². The van der Waals surface area contributed by atoms with Crippen molar-refractivity contribution in [2.75, 3.05) is 6.54 Å². The minimum atomic E-state index is -1.18. The van der Waals surface area contributed by atoms with Crippen LogP contribution in [0.15, 0.2) is 73.1 Å². The molecule has 0 saturated carbocycles. The quantitative estimate of drug-likeness (QED) is 0.389. The zero-order chi connectivity index (χ0) is 23.1. The van der Waals surface area contributed by atoms with Gasteiger partial charge in [0.25, 0.3) is 0 Å². The van der Waals surface area contributed by atoms with Crippen LogP contribution < -0.4 is 11.1 Å². The van der Waals surface area contributed by atoms with E-state index in [0.29, 0.717) is 25.2 Å². The number of hydrogen-bond donors (Lipinski definition) is 3. The molecule has 1 heterocycles. The molecule has 8 heteroatoms. The van der Waals surface area contributed by atoms with Crippen molar-refractivity contribution in [2.24, 2.45) is 11.7 Å². The van der Waals surface area contributed by atoms with Gasteiger partial charge in [-0.2, -0.15) is 0 Å². The number of nitrogens with two attached hydrogens (primary N) is 1. The van der Waals surface area contributed by atoms with Crippen molar-refractivity contribution < 1.29 is 19.5 Å². The minimum absolute atomic E-state index is 0.262. The second kappa shape index (κ2) is 10.5. The van der Waals surface area contributed by atoms with Crippen LogP contribution >= 0.6 is 0 Å². The lowest BCUT2D eigenvalue weighted by molar-refractivity contribution is -0.167. The summed E-state index contributed by atoms with van der Waals surface area (Å²) in [4.78, 5) is 40.5. The number of benzene rings is 2. The molecule has 0 bridgehead atoms. The first-order valence-electron chi connectivity index (χ1n) is 10.5. The SMILES string of the molecule is C=C(N)NCCC[C@H]1C(=O)N(C(=O)N(Cc2ccccc2)Cc2ccccc2)C1C(=O)O. The van der Waals surface area contributed by atoms with Gasteiger partial charge in [0, 0.05) is 19.6 Å². The van der Waals surface area contributed by atoms with E-state index in [2.05, 4.69) is 11.9 Å². The number of aliphatic carboxylic acids is 1. The average molecular weight is 437 g/mol. The number of β-lactam (4-membered cyclic amide) rings is 1. The van der Waals surface area contributed by atoms with Crippen molar-refractivity contribution in [3.8, 4) is 0 Å². The molecule has 1 unspecified atom stereocenters. The van der Waals surface area contributed by atoms with Gasteiger partial charge in [-0.15, -0.1) is 0 Å². The number of imide groups is 1. The molecule has 32 heavy (non-hydrogen) atoms. The van der Waals surface area contributed by atoms with E-state index in [1.807, 2.05) is 60.7 Å². The summed E-state index contributed by atoms with van der Waals surface area (Å²) in [6, 6.07) is 17.0. The highest BCUT2D eigenvalue weighted by Gasteiger charge is 2.55. The number of hydrogen-bond acceptors (Lipinski definition) is 5. The summed E-state index contributed by atoms with van der Waals surface area (Å²) in [5.41, 5.74) is 7.24. The monoisotopic (exact) mass is 436 g/mol. The van der Waals surface area contributed by atoms with Gasteiger partial charge in [-0.1, -0.05) is 67.2 Å². The fourth-order valence-electron chi connectivity index (χ4n) is 3.85. The smallest absolute Gasteiger partial charge is 0.328 e. The predicted octanol–water partition coefficient (Wildman–Crippen LogP) is 2.52. The predicted molar refractivity (Wildman–Crippen MR) is 120 cm³/mol. The molecular formula is C24H28N4O4. The second-order valence-corrected chi connectivity index (χ2v) is 7.80. The Morgan fingerprint density at radius 3 is 2.03 bits per heavy atom. The van der Waals surface area contributed by atoms with Crippen molar-refractivity contribution >= 4 is 17.9 Å². The van der Waals surface area contributed by atoms with Crippen LogP contribution in [0.3, 0.4) is 0 Å². The second-order valence-electron chi connectivity index (χ2n) is 7.80. The Bertz CT molecular complexity index is 923. The number of urea groups is 1. The fourth-order valence-corrected chi connectivity index (χ4v) is 3.85. The number of nitrogens with zero attached hydrogens (tertiary/aromatic N) is 2. The van der Waals surface area contributed by atoms with E-state index in [4.69, 9.17) is 5.73 Å². The summed E-state index contributed by atoms with van der Waals surface area (Å²) in [7, 11) is 0. The number of likely N-dealkylation sites (tertiary alicyclic amines) is 1. The Labute approximate surface area is 187 Å². The highest BCUT2D eigenvalue weighted by atomic mass is 16.4. The summed E-state index contributed by atoms with van der Waals surface area (Å²) in [6.45, 7) is 4.54. The van der Waals surface area contributed by atoms with E-state index >= 15 is 0 Å². The van der Waals surface area contributed by atoms with Crippen LogP contribution in [0.2, 0.25) is 0 Å². The lowest BCUT2D eigenvalue weighted by atomic mass is 9.83. The van der Waals surface area contributed by atoms with E-state index in [0.717, 1.165) is 16.0 Å². The number of carbonyl (C=O) groups is 3. The number of nitrogens with one attached hydrogen (secondary N) is 1. The van der Waals surface area contributed by atoms with Gasteiger partial charge in [0.05, 0.1) is 11.7 Å². The van der Waals surface area contributed by atoms with Gasteiger partial charge in [0.15, 0.2) is 6.04 Å². The number of rotatable bonds is 10. The van der Waals surface area contributed by atoms with Gasteiger partial charge in [-0.3, -0.25) is 4.79 Å². The summed E-state index contributed by atoms with van der Waals surface area (Å²) in [6.07, 6.45) is 0.882. The number of amides is 3. The molecule has 8 nitrogen and oxygen atoms in total. The molecule has 0 spiro atoms. The minimum Gasteiger partial charge on any atom is -0.480 e. The van der Waals surface area contributed by atoms with Crippen LogP contribution in [-0.4, -0.2) is 45.4 Å². The normalized spacial score (nSPS) is 17.4. The van der Waals surface area contributed by atoms with Gasteiger partial charge >= 0.3 is 12.0 Å². The molecule has 3 rings (SSSR count). The third kappa shape index (κ3) is 5.46. The molecule has 4 N–H and O–H groups in total. The highest BCUT2D eigenvalue weighted by molar-refractivity contribution is 6.07. The molecule has 1 aliphatic heterocycles. The summed E-state index contributed by atoms with van der Waals surface area (Å²) in [5.74, 6) is -2.06. The van der Waals surface area contributed by atoms with Crippen LogP contribution in [0, 0.1) is 5.92 Å². The Hall–Kier alpha value is -3.81. The summed E-state index contributed by atoms with van der Waals surface area (Å²) in [5, 5.41) is 12.6. The first-order chi connectivity index (χ1) is 15.4. The van der Waals surface area contributed by atoms with Crippen LogP contribution in [0.1, 0.15) is 24.0 Å². The molecule has 0 aliphatic carbocycles. The largest absolute Gasteiger partial charge is 0.480 e. The van der Waals surface area contributed by atoms with Crippen LogP contribution in [0.5, 0.6) is 0 Å². The van der Waals surface area contributed by atoms with E-state index in [9.17, 15) is 19.5 Å². The van der Waals surface area contributed by atoms with E-state index < -0.39 is 29.9 Å². The third-order valence-electron chi connectivity index (χ3n) is 5.42. The number of carbonyl (C=O) groups excluding carboxylic acids is 2. The van der Waals surface area contributed by atoms with Crippen molar-refractivity contribution in [1.29, 1.82) is 0 Å². The Balaban J connectivity index is 1.75. The molecule has 0 aromatic heterocycles. The maximum atomic E-state index is 13.4. The lowest BCUT2D eigenvalue weighted by Crippen LogP contribution is -2.68. The fraction of sp³-hybridized carbons (Fsp3) is 0.292. The van der Waals surface area contributed by atoms with E-state index in [1.54, 1.807) is 0 Å². The van der Waals surface area contributed by atoms with Gasteiger partial charge in [0.2, 0.25) is 5.91 Å². The number of carboxylic acids is 1. The molecule has 1 fully saturated rings. The third-order valence-corrected chi connectivity index (χ3v) is 5.42. The molecule has 1 saturated heterocycles. The summed E-state index contributed by atoms with van der Waals surface area (Å²) >= 11 is 0. The van der Waals surface area contributed by atoms with Crippen molar-refractivity contribution in [3.05, 3.63) is 84.2 Å². The Morgan fingerprint density at radius 2 is 1.56 bits per heavy atom. The van der Waals surface area contributed by atoms with Gasteiger partial charge in [-0.05, 0) is 24.0 Å². The number of carboxylic acid groups (broad SMARTS) is 1. The molecule has 2 aromatic carbocycles. The summed E-state index contributed by atoms with van der Waals surface area (Å²) < 4.78 is 0. The molecule has 2 aromatic rings. The first kappa shape index (κ1) is 22.9. The zero-order valence-corrected chi connectivity index (χ0v) is 17.8. The van der Waals surface area contributed by atoms with Gasteiger partial charge in [0.1, 0.15) is 0 Å². The Kier molecular flexibility index (Phi) is 7.49. The van der Waals surface area contributed by atoms with Crippen molar-refractivity contribution in [1.82, 2.24) is 15.1 Å². The topological polar surface area (TPSA) is 116 Å². The Morgan fingerprint density at radius 1 is 1.03 bits per heavy atom. The lowest BCUT2D eigenvalue weighted by Gasteiger charge is -2.45. The molecule has 2 atom stereocenters. The van der Waals surface area contributed by atoms with E-state index in [-0.39, 0.29) is 13.1 Å². The van der Waals surface area contributed by atoms with Gasteiger partial charge < -0.3 is 21.1 Å². The molecule has 3 amide bonds. The molecule has 0 radical (unpaired) electrons. The average Bonchev–Trinajstić information content (AvgIpc) is 2.77. The molecule has 1 aliphatic rings. The zero-order valence-electron chi connectivity index (χ0n) is 17.8.